The van der Waals surface area contributed by atoms with E-state index >= 15 is 0 Å². The molecule has 0 atom stereocenters. The van der Waals surface area contributed by atoms with Crippen molar-refractivity contribution in [1.29, 1.82) is 0 Å². The number of pyridine rings is 1. The number of amides is 1. The number of fused-ring (bicyclic) bond motifs is 1. The smallest absolute Gasteiger partial charge is 0.310 e. The van der Waals surface area contributed by atoms with Crippen LogP contribution in [0.5, 0.6) is 0 Å². The monoisotopic (exact) mass is 408 g/mol. The summed E-state index contributed by atoms with van der Waals surface area (Å²) in [7, 11) is 0. The average molecular weight is 408 g/mol. The van der Waals surface area contributed by atoms with Gasteiger partial charge in [0.15, 0.2) is 0 Å². The van der Waals surface area contributed by atoms with Crippen molar-refractivity contribution in [1.82, 2.24) is 15.0 Å². The molecule has 1 N–H and O–H groups in total. The second kappa shape index (κ2) is 7.90. The molecule has 4 rings (SSSR count). The van der Waals surface area contributed by atoms with Crippen LogP contribution in [-0.2, 0) is 17.4 Å². The quantitative estimate of drug-likeness (QED) is 0.522. The third kappa shape index (κ3) is 4.27. The molecule has 8 heteroatoms. The van der Waals surface area contributed by atoms with Crippen LogP contribution in [0.15, 0.2) is 73.2 Å². The Labute approximate surface area is 169 Å². The Hall–Kier alpha value is -3.81. The van der Waals surface area contributed by atoms with E-state index in [9.17, 15) is 18.0 Å². The zero-order valence-electron chi connectivity index (χ0n) is 15.5. The van der Waals surface area contributed by atoms with E-state index in [1.807, 2.05) is 6.07 Å². The summed E-state index contributed by atoms with van der Waals surface area (Å²) in [5.74, 6) is 0.0975. The fraction of sp³-hybridized carbons (Fsp3) is 0.0909. The molecule has 0 spiro atoms. The van der Waals surface area contributed by atoms with Gasteiger partial charge >= 0.3 is 6.18 Å². The van der Waals surface area contributed by atoms with Gasteiger partial charge in [0.25, 0.3) is 0 Å². The van der Waals surface area contributed by atoms with Crippen molar-refractivity contribution < 1.29 is 18.0 Å². The Morgan fingerprint density at radius 3 is 2.60 bits per heavy atom. The molecule has 1 amide bonds. The van der Waals surface area contributed by atoms with E-state index in [2.05, 4.69) is 20.3 Å². The lowest BCUT2D eigenvalue weighted by Crippen LogP contribution is -2.15. The summed E-state index contributed by atoms with van der Waals surface area (Å²) >= 11 is 0. The number of carbonyl (C=O) groups is 1. The highest BCUT2D eigenvalue weighted by atomic mass is 19.4. The maximum absolute atomic E-state index is 13.0. The summed E-state index contributed by atoms with van der Waals surface area (Å²) in [4.78, 5) is 24.7. The lowest BCUT2D eigenvalue weighted by molar-refractivity contribution is -0.137. The maximum Gasteiger partial charge on any atom is 0.416 e. The minimum atomic E-state index is -4.43. The topological polar surface area (TPSA) is 67.8 Å². The molecule has 2 heterocycles. The molecular weight excluding hydrogens is 393 g/mol. The van der Waals surface area contributed by atoms with Crippen LogP contribution in [0, 0.1) is 0 Å². The summed E-state index contributed by atoms with van der Waals surface area (Å²) in [6, 6.07) is 15.5. The number of halogens is 3. The van der Waals surface area contributed by atoms with Gasteiger partial charge in [-0.05, 0) is 29.8 Å². The molecule has 0 saturated heterocycles. The molecule has 0 bridgehead atoms. The maximum atomic E-state index is 13.0. The third-order valence-electron chi connectivity index (χ3n) is 4.49. The molecular formula is C22H15F3N4O. The number of alkyl halides is 3. The van der Waals surface area contributed by atoms with Gasteiger partial charge in [0.1, 0.15) is 12.1 Å². The predicted molar refractivity (Wildman–Crippen MR) is 107 cm³/mol. The van der Waals surface area contributed by atoms with E-state index in [0.29, 0.717) is 28.2 Å². The lowest BCUT2D eigenvalue weighted by atomic mass is 10.0. The lowest BCUT2D eigenvalue weighted by Gasteiger charge is -2.11. The van der Waals surface area contributed by atoms with Crippen molar-refractivity contribution in [2.75, 3.05) is 5.32 Å². The van der Waals surface area contributed by atoms with E-state index in [1.54, 1.807) is 36.4 Å². The largest absolute Gasteiger partial charge is 0.416 e. The van der Waals surface area contributed by atoms with Crippen LogP contribution in [0.1, 0.15) is 11.1 Å². The number of carbonyl (C=O) groups excluding carboxylic acids is 1. The zero-order chi connectivity index (χ0) is 21.1. The number of hydrogen-bond acceptors (Lipinski definition) is 4. The van der Waals surface area contributed by atoms with Crippen LogP contribution < -0.4 is 5.32 Å². The van der Waals surface area contributed by atoms with Gasteiger partial charge < -0.3 is 5.32 Å². The normalized spacial score (nSPS) is 11.4. The van der Waals surface area contributed by atoms with E-state index in [1.165, 1.54) is 18.6 Å². The second-order valence-electron chi connectivity index (χ2n) is 6.58. The molecule has 5 nitrogen and oxygen atoms in total. The van der Waals surface area contributed by atoms with Gasteiger partial charge in [0.2, 0.25) is 5.91 Å². The zero-order valence-corrected chi connectivity index (χ0v) is 15.5. The van der Waals surface area contributed by atoms with Gasteiger partial charge in [-0.3, -0.25) is 4.79 Å². The van der Waals surface area contributed by atoms with Gasteiger partial charge in [-0.2, -0.15) is 13.2 Å². The van der Waals surface area contributed by atoms with Crippen LogP contribution >= 0.6 is 0 Å². The number of aromatic nitrogens is 3. The average Bonchev–Trinajstić information content (AvgIpc) is 2.74. The van der Waals surface area contributed by atoms with Gasteiger partial charge in [-0.25, -0.2) is 15.0 Å². The highest BCUT2D eigenvalue weighted by Gasteiger charge is 2.30. The van der Waals surface area contributed by atoms with E-state index < -0.39 is 11.7 Å². The molecule has 0 radical (unpaired) electrons. The highest BCUT2D eigenvalue weighted by Crippen LogP contribution is 2.32. The van der Waals surface area contributed by atoms with Crippen LogP contribution in [0.4, 0.5) is 19.0 Å². The minimum absolute atomic E-state index is 0.0421. The van der Waals surface area contributed by atoms with E-state index in [4.69, 9.17) is 0 Å². The summed E-state index contributed by atoms with van der Waals surface area (Å²) in [5.41, 5.74) is 1.24. The Kier molecular flexibility index (Phi) is 5.14. The second-order valence-corrected chi connectivity index (χ2v) is 6.58. The molecule has 0 fully saturated rings. The Morgan fingerprint density at radius 2 is 1.83 bits per heavy atom. The number of nitrogens with one attached hydrogen (secondary N) is 1. The summed E-state index contributed by atoms with van der Waals surface area (Å²) in [6.45, 7) is 0. The minimum Gasteiger partial charge on any atom is -0.310 e. The van der Waals surface area contributed by atoms with E-state index in [0.717, 1.165) is 17.5 Å². The van der Waals surface area contributed by atoms with Crippen LogP contribution in [0.2, 0.25) is 0 Å². The fourth-order valence-electron chi connectivity index (χ4n) is 3.09. The molecule has 150 valence electrons. The fourth-order valence-corrected chi connectivity index (χ4v) is 3.09. The highest BCUT2D eigenvalue weighted by molar-refractivity contribution is 5.95. The molecule has 0 saturated carbocycles. The summed E-state index contributed by atoms with van der Waals surface area (Å²) in [6.07, 6.45) is -1.54. The molecule has 0 unspecified atom stereocenters. The number of para-hydroxylation sites is 1. The van der Waals surface area contributed by atoms with Gasteiger partial charge in [0, 0.05) is 17.1 Å². The molecule has 30 heavy (non-hydrogen) atoms. The third-order valence-corrected chi connectivity index (χ3v) is 4.49. The first-order chi connectivity index (χ1) is 14.4. The van der Waals surface area contributed by atoms with Crippen molar-refractivity contribution in [3.8, 4) is 11.3 Å². The Balaban J connectivity index is 1.67. The van der Waals surface area contributed by atoms with Crippen molar-refractivity contribution in [3.05, 3.63) is 84.3 Å². The number of rotatable bonds is 4. The summed E-state index contributed by atoms with van der Waals surface area (Å²) < 4.78 is 39.1. The first kappa shape index (κ1) is 19.5. The molecule has 0 aliphatic heterocycles. The Morgan fingerprint density at radius 1 is 1.00 bits per heavy atom. The predicted octanol–water partition coefficient (Wildman–Crippen LogP) is 4.89. The van der Waals surface area contributed by atoms with Crippen molar-refractivity contribution in [2.24, 2.45) is 0 Å². The molecule has 4 aromatic rings. The van der Waals surface area contributed by atoms with Gasteiger partial charge in [0.05, 0.1) is 23.2 Å². The number of anilines is 1. The van der Waals surface area contributed by atoms with Gasteiger partial charge in [-0.1, -0.05) is 36.4 Å². The van der Waals surface area contributed by atoms with Crippen molar-refractivity contribution in [2.45, 2.75) is 12.6 Å². The first-order valence-corrected chi connectivity index (χ1v) is 9.02. The number of hydrogen-bond donors (Lipinski definition) is 1. The molecule has 0 aliphatic carbocycles. The molecule has 2 aromatic heterocycles. The Bertz CT molecular complexity index is 1210. The van der Waals surface area contributed by atoms with Crippen LogP contribution in [-0.4, -0.2) is 20.9 Å². The summed E-state index contributed by atoms with van der Waals surface area (Å²) in [5, 5.41) is 3.47. The van der Waals surface area contributed by atoms with Crippen LogP contribution in [0.3, 0.4) is 0 Å². The number of benzene rings is 2. The van der Waals surface area contributed by atoms with E-state index in [-0.39, 0.29) is 12.3 Å². The van der Waals surface area contributed by atoms with Gasteiger partial charge in [-0.15, -0.1) is 0 Å². The van der Waals surface area contributed by atoms with Crippen molar-refractivity contribution in [3.63, 3.8) is 0 Å². The SMILES string of the molecule is O=C(Cc1cccc2ccc(-c3cccc(C(F)(F)F)c3)nc12)Nc1ccncn1. The standard InChI is InChI=1S/C22H15F3N4O/c23-22(24,25)17-6-2-4-15(11-17)18-8-7-14-3-1-5-16(21(14)28-18)12-20(30)29-19-9-10-26-13-27-19/h1-11,13H,12H2,(H,26,27,29,30). The molecule has 2 aromatic carbocycles. The van der Waals surface area contributed by atoms with Crippen LogP contribution in [0.25, 0.3) is 22.2 Å². The first-order valence-electron chi connectivity index (χ1n) is 9.02. The van der Waals surface area contributed by atoms with Crippen molar-refractivity contribution >= 4 is 22.6 Å². The number of nitrogens with zero attached hydrogens (tertiary/aromatic N) is 3. The molecule has 0 aliphatic rings.